The minimum atomic E-state index is 0.255. The first-order valence-electron chi connectivity index (χ1n) is 9.72. The molecule has 0 fully saturated rings. The molecular weight excluding hydrogens is 320 g/mol. The third-order valence-electron chi connectivity index (χ3n) is 3.05. The van der Waals surface area contributed by atoms with Crippen LogP contribution in [-0.2, 0) is 14.2 Å². The maximum absolute atomic E-state index is 8.60. The van der Waals surface area contributed by atoms with E-state index in [0.717, 1.165) is 91.0 Å². The van der Waals surface area contributed by atoms with E-state index in [1.807, 2.05) is 13.8 Å². The zero-order chi connectivity index (χ0) is 19.0. The molecule has 0 atom stereocenters. The molecule has 0 radical (unpaired) electrons. The highest BCUT2D eigenvalue weighted by atomic mass is 16.5. The Morgan fingerprint density at radius 1 is 0.560 bits per heavy atom. The molecule has 2 N–H and O–H groups in total. The van der Waals surface area contributed by atoms with Crippen molar-refractivity contribution < 1.29 is 24.4 Å². The molecule has 0 unspecified atom stereocenters. The van der Waals surface area contributed by atoms with E-state index in [-0.39, 0.29) is 13.2 Å². The van der Waals surface area contributed by atoms with Crippen molar-refractivity contribution in [3.05, 3.63) is 12.2 Å². The Labute approximate surface area is 155 Å². The molecule has 0 aliphatic heterocycles. The Morgan fingerprint density at radius 2 is 0.760 bits per heavy atom. The SMILES string of the molecule is C=C(C)C.OCCCCOCCCCOCCCCOCCCCO. The molecule has 152 valence electrons. The van der Waals surface area contributed by atoms with Crippen LogP contribution < -0.4 is 0 Å². The number of hydrogen-bond donors (Lipinski definition) is 2. The summed E-state index contributed by atoms with van der Waals surface area (Å²) in [5.74, 6) is 0. The molecular formula is C20H42O5. The van der Waals surface area contributed by atoms with Crippen molar-refractivity contribution in [1.29, 1.82) is 0 Å². The molecule has 0 spiro atoms. The van der Waals surface area contributed by atoms with Crippen molar-refractivity contribution in [1.82, 2.24) is 0 Å². The summed E-state index contributed by atoms with van der Waals surface area (Å²) in [6.07, 6.45) is 7.68. The monoisotopic (exact) mass is 362 g/mol. The van der Waals surface area contributed by atoms with Crippen molar-refractivity contribution in [3.8, 4) is 0 Å². The van der Waals surface area contributed by atoms with Gasteiger partial charge in [0.15, 0.2) is 0 Å². The van der Waals surface area contributed by atoms with Gasteiger partial charge in [-0.1, -0.05) is 5.57 Å². The molecule has 0 aliphatic carbocycles. The zero-order valence-electron chi connectivity index (χ0n) is 16.6. The van der Waals surface area contributed by atoms with Crippen molar-refractivity contribution >= 4 is 0 Å². The predicted octanol–water partition coefficient (Wildman–Crippen LogP) is 3.72. The number of hydrogen-bond acceptors (Lipinski definition) is 5. The molecule has 0 rings (SSSR count). The summed E-state index contributed by atoms with van der Waals surface area (Å²) < 4.78 is 16.4. The summed E-state index contributed by atoms with van der Waals surface area (Å²) >= 11 is 0. The van der Waals surface area contributed by atoms with Crippen LogP contribution >= 0.6 is 0 Å². The Bertz CT molecular complexity index is 224. The fourth-order valence-electron chi connectivity index (χ4n) is 1.75. The summed E-state index contributed by atoms with van der Waals surface area (Å²) in [6, 6.07) is 0. The summed E-state index contributed by atoms with van der Waals surface area (Å²) in [7, 11) is 0. The molecule has 0 amide bonds. The van der Waals surface area contributed by atoms with Crippen molar-refractivity contribution in [2.75, 3.05) is 52.9 Å². The first kappa shape index (κ1) is 26.8. The Kier molecular flexibility index (Phi) is 27.6. The van der Waals surface area contributed by atoms with Crippen LogP contribution in [0.15, 0.2) is 12.2 Å². The molecule has 25 heavy (non-hydrogen) atoms. The van der Waals surface area contributed by atoms with Crippen LogP contribution in [0.4, 0.5) is 0 Å². The van der Waals surface area contributed by atoms with Crippen LogP contribution in [0.3, 0.4) is 0 Å². The third-order valence-corrected chi connectivity index (χ3v) is 3.05. The topological polar surface area (TPSA) is 68.2 Å². The van der Waals surface area contributed by atoms with Crippen molar-refractivity contribution in [2.45, 2.75) is 65.2 Å². The number of rotatable bonds is 18. The maximum atomic E-state index is 8.60. The first-order chi connectivity index (χ1) is 12.1. The lowest BCUT2D eigenvalue weighted by molar-refractivity contribution is 0.0875. The molecule has 0 aromatic heterocycles. The van der Waals surface area contributed by atoms with Gasteiger partial charge in [0, 0.05) is 52.9 Å². The summed E-state index contributed by atoms with van der Waals surface area (Å²) in [6.45, 7) is 12.7. The van der Waals surface area contributed by atoms with E-state index >= 15 is 0 Å². The van der Waals surface area contributed by atoms with Gasteiger partial charge in [-0.25, -0.2) is 0 Å². The smallest absolute Gasteiger partial charge is 0.0466 e. The normalized spacial score (nSPS) is 10.4. The van der Waals surface area contributed by atoms with Gasteiger partial charge in [0.2, 0.25) is 0 Å². The average molecular weight is 363 g/mol. The van der Waals surface area contributed by atoms with Gasteiger partial charge in [-0.05, 0) is 65.2 Å². The minimum Gasteiger partial charge on any atom is -0.396 e. The maximum Gasteiger partial charge on any atom is 0.0466 e. The molecule has 5 nitrogen and oxygen atoms in total. The first-order valence-corrected chi connectivity index (χ1v) is 9.72. The molecule has 0 aromatic carbocycles. The van der Waals surface area contributed by atoms with Crippen LogP contribution in [0, 0.1) is 0 Å². The summed E-state index contributed by atoms with van der Waals surface area (Å²) in [5.41, 5.74) is 1.17. The van der Waals surface area contributed by atoms with Crippen LogP contribution in [-0.4, -0.2) is 63.1 Å². The van der Waals surface area contributed by atoms with Crippen molar-refractivity contribution in [3.63, 3.8) is 0 Å². The van der Waals surface area contributed by atoms with E-state index < -0.39 is 0 Å². The zero-order valence-corrected chi connectivity index (χ0v) is 16.6. The van der Waals surface area contributed by atoms with E-state index in [4.69, 9.17) is 24.4 Å². The number of aliphatic hydroxyl groups is 2. The predicted molar refractivity (Wildman–Crippen MR) is 104 cm³/mol. The van der Waals surface area contributed by atoms with E-state index in [1.165, 1.54) is 5.57 Å². The van der Waals surface area contributed by atoms with Crippen molar-refractivity contribution in [2.24, 2.45) is 0 Å². The lowest BCUT2D eigenvalue weighted by Gasteiger charge is -2.06. The highest BCUT2D eigenvalue weighted by molar-refractivity contribution is 4.78. The van der Waals surface area contributed by atoms with Gasteiger partial charge < -0.3 is 24.4 Å². The fraction of sp³-hybridized carbons (Fsp3) is 0.900. The van der Waals surface area contributed by atoms with Crippen LogP contribution in [0.1, 0.15) is 65.2 Å². The summed E-state index contributed by atoms with van der Waals surface area (Å²) in [5, 5.41) is 17.2. The molecule has 0 aliphatic rings. The van der Waals surface area contributed by atoms with Crippen LogP contribution in [0.5, 0.6) is 0 Å². The highest BCUT2D eigenvalue weighted by Crippen LogP contribution is 1.97. The van der Waals surface area contributed by atoms with E-state index in [9.17, 15) is 0 Å². The second kappa shape index (κ2) is 25.8. The largest absolute Gasteiger partial charge is 0.396 e. The van der Waals surface area contributed by atoms with Gasteiger partial charge in [-0.15, -0.1) is 6.58 Å². The second-order valence-corrected chi connectivity index (χ2v) is 6.32. The molecule has 0 bridgehead atoms. The molecule has 0 saturated carbocycles. The number of unbranched alkanes of at least 4 members (excludes halogenated alkanes) is 4. The lowest BCUT2D eigenvalue weighted by Crippen LogP contribution is -2.03. The Balaban J connectivity index is 0. The number of aliphatic hydroxyl groups excluding tert-OH is 2. The summed E-state index contributed by atoms with van der Waals surface area (Å²) in [4.78, 5) is 0. The molecule has 0 heterocycles. The fourth-order valence-corrected chi connectivity index (χ4v) is 1.75. The molecule has 5 heteroatoms. The number of ether oxygens (including phenoxy) is 3. The number of allylic oxidation sites excluding steroid dienone is 1. The molecule has 0 aromatic rings. The third kappa shape index (κ3) is 35.5. The second-order valence-electron chi connectivity index (χ2n) is 6.32. The van der Waals surface area contributed by atoms with Crippen LogP contribution in [0.2, 0.25) is 0 Å². The van der Waals surface area contributed by atoms with E-state index in [0.29, 0.717) is 0 Å². The highest BCUT2D eigenvalue weighted by Gasteiger charge is 1.94. The van der Waals surface area contributed by atoms with Gasteiger partial charge in [0.05, 0.1) is 0 Å². The average Bonchev–Trinajstić information content (AvgIpc) is 2.57. The van der Waals surface area contributed by atoms with Gasteiger partial charge in [-0.3, -0.25) is 0 Å². The minimum absolute atomic E-state index is 0.255. The standard InChI is InChI=1S/C16H34O5.C4H8/c17-9-1-3-11-19-13-5-7-15-21-16-8-6-14-20-12-4-2-10-18;1-4(2)3/h17-18H,1-16H2;1H2,2-3H3. The Hall–Kier alpha value is -0.460. The van der Waals surface area contributed by atoms with E-state index in [1.54, 1.807) is 0 Å². The van der Waals surface area contributed by atoms with Gasteiger partial charge in [0.1, 0.15) is 0 Å². The quantitative estimate of drug-likeness (QED) is 0.287. The lowest BCUT2D eigenvalue weighted by atomic mass is 10.3. The van der Waals surface area contributed by atoms with Crippen LogP contribution in [0.25, 0.3) is 0 Å². The van der Waals surface area contributed by atoms with E-state index in [2.05, 4.69) is 6.58 Å². The van der Waals surface area contributed by atoms with Gasteiger partial charge >= 0.3 is 0 Å². The Morgan fingerprint density at radius 3 is 0.960 bits per heavy atom. The molecule has 0 saturated heterocycles. The van der Waals surface area contributed by atoms with Gasteiger partial charge in [-0.2, -0.15) is 0 Å². The van der Waals surface area contributed by atoms with Gasteiger partial charge in [0.25, 0.3) is 0 Å².